The minimum absolute atomic E-state index is 0.330. The van der Waals surface area contributed by atoms with Crippen LogP contribution in [0.1, 0.15) is 59.8 Å². The minimum atomic E-state index is -1.12. The van der Waals surface area contributed by atoms with E-state index in [1.807, 2.05) is 0 Å². The zero-order valence-corrected chi connectivity index (χ0v) is 14.6. The molecule has 0 aliphatic heterocycles. The van der Waals surface area contributed by atoms with Crippen molar-refractivity contribution in [3.05, 3.63) is 0 Å². The van der Waals surface area contributed by atoms with Crippen molar-refractivity contribution in [2.45, 2.75) is 71.9 Å². The Bertz CT molecular complexity index is 329. The van der Waals surface area contributed by atoms with Gasteiger partial charge in [0.15, 0.2) is 0 Å². The lowest BCUT2D eigenvalue weighted by atomic mass is 10.2. The summed E-state index contributed by atoms with van der Waals surface area (Å²) in [7, 11) is -1.12. The first-order chi connectivity index (χ1) is 10.0. The molecule has 0 amide bonds. The highest BCUT2D eigenvalue weighted by atomic mass is 31.2. The van der Waals surface area contributed by atoms with Crippen molar-refractivity contribution >= 4 is 8.53 Å². The Morgan fingerprint density at radius 2 is 1.43 bits per heavy atom. The van der Waals surface area contributed by atoms with Crippen molar-refractivity contribution in [1.29, 1.82) is 10.5 Å². The number of nitrogens with zero attached hydrogens (tertiary/aromatic N) is 3. The van der Waals surface area contributed by atoms with Gasteiger partial charge in [-0.15, -0.1) is 0 Å². The molecule has 0 aliphatic carbocycles. The first kappa shape index (κ1) is 20.3. The Labute approximate surface area is 130 Å². The molecule has 120 valence electrons. The zero-order chi connectivity index (χ0) is 16.1. The van der Waals surface area contributed by atoms with Crippen molar-refractivity contribution in [2.24, 2.45) is 0 Å². The summed E-state index contributed by atoms with van der Waals surface area (Å²) in [6.07, 6.45) is 3.85. The molecule has 0 saturated carbocycles. The van der Waals surface area contributed by atoms with E-state index in [-0.39, 0.29) is 0 Å². The van der Waals surface area contributed by atoms with Crippen LogP contribution < -0.4 is 0 Å². The van der Waals surface area contributed by atoms with Crippen LogP contribution in [-0.2, 0) is 9.05 Å². The Morgan fingerprint density at radius 1 is 0.857 bits per heavy atom. The molecule has 0 aliphatic rings. The maximum absolute atomic E-state index is 8.63. The second kappa shape index (κ2) is 13.0. The van der Waals surface area contributed by atoms with Gasteiger partial charge in [-0.2, -0.15) is 10.5 Å². The zero-order valence-electron chi connectivity index (χ0n) is 13.7. The summed E-state index contributed by atoms with van der Waals surface area (Å²) in [5, 5.41) is 17.1. The quantitative estimate of drug-likeness (QED) is 0.395. The summed E-state index contributed by atoms with van der Waals surface area (Å²) in [4.78, 5) is 0. The molecule has 0 spiro atoms. The average Bonchev–Trinajstić information content (AvgIpc) is 2.41. The fourth-order valence-corrected chi connectivity index (χ4v) is 3.57. The first-order valence-electron chi connectivity index (χ1n) is 7.62. The van der Waals surface area contributed by atoms with Gasteiger partial charge in [0.2, 0.25) is 0 Å². The van der Waals surface area contributed by atoms with E-state index in [0.29, 0.717) is 38.1 Å². The summed E-state index contributed by atoms with van der Waals surface area (Å²) >= 11 is 0. The van der Waals surface area contributed by atoms with Crippen LogP contribution >= 0.6 is 8.53 Å². The summed E-state index contributed by atoms with van der Waals surface area (Å²) in [6, 6.07) is 4.90. The third-order valence-electron chi connectivity index (χ3n) is 2.80. The molecule has 0 saturated heterocycles. The molecular formula is C15H28N3O2P. The second-order valence-corrected chi connectivity index (χ2v) is 6.80. The molecule has 0 aromatic heterocycles. The molecule has 0 fully saturated rings. The van der Waals surface area contributed by atoms with Crippen LogP contribution in [-0.4, -0.2) is 30.0 Å². The molecule has 1 atom stereocenters. The van der Waals surface area contributed by atoms with E-state index in [2.05, 4.69) is 44.5 Å². The maximum atomic E-state index is 8.63. The van der Waals surface area contributed by atoms with Gasteiger partial charge in [-0.05, 0) is 40.5 Å². The van der Waals surface area contributed by atoms with Gasteiger partial charge in [0.05, 0.1) is 31.8 Å². The lowest BCUT2D eigenvalue weighted by Crippen LogP contribution is -2.33. The van der Waals surface area contributed by atoms with Crippen LogP contribution in [0.2, 0.25) is 0 Å². The predicted molar refractivity (Wildman–Crippen MR) is 85.2 cm³/mol. The smallest absolute Gasteiger partial charge is 0.259 e. The normalized spacial score (nSPS) is 12.6. The fourth-order valence-electron chi connectivity index (χ4n) is 1.94. The van der Waals surface area contributed by atoms with Crippen molar-refractivity contribution in [3.8, 4) is 12.1 Å². The fraction of sp³-hybridized carbons (Fsp3) is 0.867. The third-order valence-corrected chi connectivity index (χ3v) is 4.90. The van der Waals surface area contributed by atoms with Gasteiger partial charge >= 0.3 is 0 Å². The molecule has 21 heavy (non-hydrogen) atoms. The molecule has 0 heterocycles. The topological polar surface area (TPSA) is 69.3 Å². The van der Waals surface area contributed by atoms with Crippen molar-refractivity contribution in [2.75, 3.05) is 13.2 Å². The van der Waals surface area contributed by atoms with Gasteiger partial charge in [-0.3, -0.25) is 0 Å². The summed E-state index contributed by atoms with van der Waals surface area (Å²) in [6.45, 7) is 9.54. The lowest BCUT2D eigenvalue weighted by Gasteiger charge is -2.35. The maximum Gasteiger partial charge on any atom is 0.259 e. The SMILES string of the molecule is CC(C)N(C(C)C)P(OCCC#N)OCCCCCC#N. The molecular weight excluding hydrogens is 285 g/mol. The Morgan fingerprint density at radius 3 is 1.95 bits per heavy atom. The van der Waals surface area contributed by atoms with Crippen LogP contribution in [0.25, 0.3) is 0 Å². The van der Waals surface area contributed by atoms with Crippen molar-refractivity contribution in [1.82, 2.24) is 4.67 Å². The van der Waals surface area contributed by atoms with E-state index in [1.54, 1.807) is 0 Å². The Kier molecular flexibility index (Phi) is 12.5. The molecule has 0 radical (unpaired) electrons. The number of hydrogen-bond donors (Lipinski definition) is 0. The van der Waals surface area contributed by atoms with Gasteiger partial charge in [-0.1, -0.05) is 6.42 Å². The highest BCUT2D eigenvalue weighted by Gasteiger charge is 2.26. The molecule has 5 nitrogen and oxygen atoms in total. The molecule has 0 N–H and O–H groups in total. The van der Waals surface area contributed by atoms with Crippen LogP contribution in [0.4, 0.5) is 0 Å². The molecule has 1 unspecified atom stereocenters. The standard InChI is InChI=1S/C15H28N3O2P/c1-14(2)18(15(3)4)21(20-13-9-11-17)19-12-8-6-5-7-10-16/h14-15H,5-9,12-13H2,1-4H3. The Balaban J connectivity index is 4.31. The number of unbranched alkanes of at least 4 members (excludes halogenated alkanes) is 3. The van der Waals surface area contributed by atoms with E-state index >= 15 is 0 Å². The van der Waals surface area contributed by atoms with Gasteiger partial charge in [0.1, 0.15) is 0 Å². The van der Waals surface area contributed by atoms with E-state index in [0.717, 1.165) is 19.3 Å². The van der Waals surface area contributed by atoms with E-state index < -0.39 is 8.53 Å². The van der Waals surface area contributed by atoms with Crippen molar-refractivity contribution in [3.63, 3.8) is 0 Å². The summed E-state index contributed by atoms with van der Waals surface area (Å²) in [5.74, 6) is 0. The molecule has 0 rings (SSSR count). The number of nitriles is 2. The van der Waals surface area contributed by atoms with Crippen molar-refractivity contribution < 1.29 is 9.05 Å². The van der Waals surface area contributed by atoms with Gasteiger partial charge in [0, 0.05) is 18.5 Å². The van der Waals surface area contributed by atoms with E-state index in [4.69, 9.17) is 19.6 Å². The van der Waals surface area contributed by atoms with Gasteiger partial charge in [0.25, 0.3) is 8.53 Å². The molecule has 0 aromatic carbocycles. The third kappa shape index (κ3) is 9.77. The van der Waals surface area contributed by atoms with Crippen LogP contribution in [0.15, 0.2) is 0 Å². The molecule has 6 heteroatoms. The van der Waals surface area contributed by atoms with E-state index in [1.165, 1.54) is 0 Å². The highest BCUT2D eigenvalue weighted by Crippen LogP contribution is 2.46. The number of hydrogen-bond acceptors (Lipinski definition) is 5. The molecule has 0 aromatic rings. The largest absolute Gasteiger partial charge is 0.322 e. The lowest BCUT2D eigenvalue weighted by molar-refractivity contribution is 0.174. The molecule has 0 bridgehead atoms. The average molecular weight is 313 g/mol. The highest BCUT2D eigenvalue weighted by molar-refractivity contribution is 7.44. The van der Waals surface area contributed by atoms with Gasteiger partial charge < -0.3 is 9.05 Å². The first-order valence-corrected chi connectivity index (χ1v) is 8.75. The summed E-state index contributed by atoms with van der Waals surface area (Å²) in [5.41, 5.74) is 0. The monoisotopic (exact) mass is 313 g/mol. The second-order valence-electron chi connectivity index (χ2n) is 5.35. The van der Waals surface area contributed by atoms with Crippen LogP contribution in [0.5, 0.6) is 0 Å². The Hall–Kier alpha value is -0.710. The van der Waals surface area contributed by atoms with Gasteiger partial charge in [-0.25, -0.2) is 4.67 Å². The van der Waals surface area contributed by atoms with Crippen LogP contribution in [0.3, 0.4) is 0 Å². The van der Waals surface area contributed by atoms with Crippen LogP contribution in [0, 0.1) is 22.7 Å². The summed E-state index contributed by atoms with van der Waals surface area (Å²) < 4.78 is 13.9. The van der Waals surface area contributed by atoms with E-state index in [9.17, 15) is 0 Å². The predicted octanol–water partition coefficient (Wildman–Crippen LogP) is 4.36. The number of rotatable bonds is 12. The minimum Gasteiger partial charge on any atom is -0.322 e.